The summed E-state index contributed by atoms with van der Waals surface area (Å²) in [5, 5.41) is 8.73. The minimum atomic E-state index is 0.344. The highest BCUT2D eigenvalue weighted by atomic mass is 79.9. The van der Waals surface area contributed by atoms with Gasteiger partial charge in [-0.25, -0.2) is 4.98 Å². The first kappa shape index (κ1) is 11.6. The second-order valence-corrected chi connectivity index (χ2v) is 4.36. The van der Waals surface area contributed by atoms with E-state index >= 15 is 0 Å². The van der Waals surface area contributed by atoms with Crippen molar-refractivity contribution < 1.29 is 4.74 Å². The smallest absolute Gasteiger partial charge is 0.144 e. The second kappa shape index (κ2) is 4.98. The molecule has 0 radical (unpaired) electrons. The van der Waals surface area contributed by atoms with Gasteiger partial charge >= 0.3 is 0 Å². The zero-order valence-electron chi connectivity index (χ0n) is 9.14. The third-order valence-electron chi connectivity index (χ3n) is 2.21. The highest BCUT2D eigenvalue weighted by Gasteiger charge is 2.01. The molecule has 17 heavy (non-hydrogen) atoms. The van der Waals surface area contributed by atoms with Gasteiger partial charge in [-0.15, -0.1) is 0 Å². The van der Waals surface area contributed by atoms with Gasteiger partial charge in [-0.1, -0.05) is 15.9 Å². The van der Waals surface area contributed by atoms with Crippen molar-refractivity contribution in [1.82, 2.24) is 4.98 Å². The van der Waals surface area contributed by atoms with Crippen molar-refractivity contribution in [3.63, 3.8) is 0 Å². The Morgan fingerprint density at radius 3 is 2.71 bits per heavy atom. The monoisotopic (exact) mass is 288 g/mol. The van der Waals surface area contributed by atoms with Crippen LogP contribution in [-0.4, -0.2) is 4.98 Å². The van der Waals surface area contributed by atoms with Crippen LogP contribution in [0.1, 0.15) is 11.3 Å². The number of benzene rings is 1. The molecule has 0 aliphatic heterocycles. The summed E-state index contributed by atoms with van der Waals surface area (Å²) in [5.74, 6) is 1.35. The Morgan fingerprint density at radius 1 is 1.24 bits per heavy atom. The molecule has 2 aromatic rings. The molecule has 4 heteroatoms. The fourth-order valence-corrected chi connectivity index (χ4v) is 1.60. The lowest BCUT2D eigenvalue weighted by atomic mass is 10.2. The Bertz CT molecular complexity index is 590. The average Bonchev–Trinajstić information content (AvgIpc) is 2.34. The molecule has 0 amide bonds. The fourth-order valence-electron chi connectivity index (χ4n) is 1.35. The number of pyridine rings is 1. The van der Waals surface area contributed by atoms with E-state index in [-0.39, 0.29) is 0 Å². The van der Waals surface area contributed by atoms with Gasteiger partial charge in [0.15, 0.2) is 0 Å². The molecule has 0 saturated carbocycles. The van der Waals surface area contributed by atoms with E-state index in [2.05, 4.69) is 20.9 Å². The largest absolute Gasteiger partial charge is 0.457 e. The SMILES string of the molecule is Cc1cc(Oc2ccnc(C#N)c2)ccc1Br. The normalized spacial score (nSPS) is 9.71. The number of nitrogens with zero attached hydrogens (tertiary/aromatic N) is 2. The molecule has 1 aromatic heterocycles. The number of nitriles is 1. The van der Waals surface area contributed by atoms with Gasteiger partial charge in [0.25, 0.3) is 0 Å². The lowest BCUT2D eigenvalue weighted by molar-refractivity contribution is 0.481. The van der Waals surface area contributed by atoms with E-state index < -0.39 is 0 Å². The topological polar surface area (TPSA) is 45.9 Å². The van der Waals surface area contributed by atoms with Crippen LogP contribution >= 0.6 is 15.9 Å². The maximum atomic E-state index is 8.73. The highest BCUT2D eigenvalue weighted by molar-refractivity contribution is 9.10. The number of rotatable bonds is 2. The van der Waals surface area contributed by atoms with Gasteiger partial charge in [-0.3, -0.25) is 0 Å². The summed E-state index contributed by atoms with van der Waals surface area (Å²) in [6.07, 6.45) is 1.56. The van der Waals surface area contributed by atoms with Gasteiger partial charge in [0.1, 0.15) is 23.3 Å². The van der Waals surface area contributed by atoms with Crippen LogP contribution in [0.15, 0.2) is 41.0 Å². The molecule has 0 spiro atoms. The van der Waals surface area contributed by atoms with Crippen LogP contribution in [0.25, 0.3) is 0 Å². The summed E-state index contributed by atoms with van der Waals surface area (Å²) in [6, 6.07) is 11.0. The van der Waals surface area contributed by atoms with Gasteiger partial charge in [-0.2, -0.15) is 5.26 Å². The van der Waals surface area contributed by atoms with Crippen LogP contribution in [-0.2, 0) is 0 Å². The second-order valence-electron chi connectivity index (χ2n) is 3.50. The number of aromatic nitrogens is 1. The van der Waals surface area contributed by atoms with Crippen molar-refractivity contribution >= 4 is 15.9 Å². The molecule has 0 unspecified atom stereocenters. The van der Waals surface area contributed by atoms with Crippen LogP contribution < -0.4 is 4.74 Å². The number of halogens is 1. The molecule has 0 atom stereocenters. The van der Waals surface area contributed by atoms with Gasteiger partial charge in [-0.05, 0) is 36.8 Å². The lowest BCUT2D eigenvalue weighted by Crippen LogP contribution is -1.88. The minimum absolute atomic E-state index is 0.344. The molecular weight excluding hydrogens is 280 g/mol. The number of aryl methyl sites for hydroxylation is 1. The van der Waals surface area contributed by atoms with Crippen molar-refractivity contribution in [2.45, 2.75) is 6.92 Å². The molecule has 0 bridgehead atoms. The van der Waals surface area contributed by atoms with Crippen molar-refractivity contribution in [3.05, 3.63) is 52.3 Å². The number of hydrogen-bond donors (Lipinski definition) is 0. The summed E-state index contributed by atoms with van der Waals surface area (Å²) < 4.78 is 6.68. The Kier molecular flexibility index (Phi) is 3.40. The summed E-state index contributed by atoms with van der Waals surface area (Å²) in [4.78, 5) is 3.88. The van der Waals surface area contributed by atoms with E-state index in [1.165, 1.54) is 0 Å². The first-order valence-electron chi connectivity index (χ1n) is 4.99. The Balaban J connectivity index is 2.25. The quantitative estimate of drug-likeness (QED) is 0.844. The zero-order valence-corrected chi connectivity index (χ0v) is 10.7. The van der Waals surface area contributed by atoms with Crippen LogP contribution in [0.5, 0.6) is 11.5 Å². The third-order valence-corrected chi connectivity index (χ3v) is 3.10. The van der Waals surface area contributed by atoms with Crippen molar-refractivity contribution in [2.75, 3.05) is 0 Å². The zero-order chi connectivity index (χ0) is 12.3. The van der Waals surface area contributed by atoms with Crippen LogP contribution in [0.2, 0.25) is 0 Å². The Hall–Kier alpha value is -1.86. The third kappa shape index (κ3) is 2.83. The Morgan fingerprint density at radius 2 is 2.00 bits per heavy atom. The highest BCUT2D eigenvalue weighted by Crippen LogP contribution is 2.26. The molecule has 84 valence electrons. The molecule has 0 aliphatic rings. The molecule has 0 aliphatic carbocycles. The number of ether oxygens (including phenoxy) is 1. The predicted molar refractivity (Wildman–Crippen MR) is 67.9 cm³/mol. The first-order valence-corrected chi connectivity index (χ1v) is 5.78. The van der Waals surface area contributed by atoms with Crippen molar-refractivity contribution in [2.24, 2.45) is 0 Å². The molecule has 2 rings (SSSR count). The van der Waals surface area contributed by atoms with Gasteiger partial charge in [0, 0.05) is 16.7 Å². The van der Waals surface area contributed by atoms with Crippen molar-refractivity contribution in [3.8, 4) is 17.6 Å². The van der Waals surface area contributed by atoms with Gasteiger partial charge in [0.05, 0.1) is 0 Å². The molecule has 1 heterocycles. The molecular formula is C13H9BrN2O. The van der Waals surface area contributed by atoms with E-state index in [0.29, 0.717) is 11.4 Å². The molecule has 0 fully saturated rings. The van der Waals surface area contributed by atoms with E-state index in [0.717, 1.165) is 15.8 Å². The molecule has 0 saturated heterocycles. The maximum Gasteiger partial charge on any atom is 0.144 e. The van der Waals surface area contributed by atoms with E-state index in [1.807, 2.05) is 31.2 Å². The predicted octanol–water partition coefficient (Wildman–Crippen LogP) is 3.82. The molecule has 3 nitrogen and oxygen atoms in total. The fraction of sp³-hybridized carbons (Fsp3) is 0.0769. The van der Waals surface area contributed by atoms with Crippen molar-refractivity contribution in [1.29, 1.82) is 5.26 Å². The standard InChI is InChI=1S/C13H9BrN2O/c1-9-6-11(2-3-13(9)14)17-12-4-5-16-10(7-12)8-15/h2-7H,1H3. The summed E-state index contributed by atoms with van der Waals surface area (Å²) in [5.41, 5.74) is 1.44. The average molecular weight is 289 g/mol. The minimum Gasteiger partial charge on any atom is -0.457 e. The number of hydrogen-bond acceptors (Lipinski definition) is 3. The summed E-state index contributed by atoms with van der Waals surface area (Å²) >= 11 is 3.43. The van der Waals surface area contributed by atoms with Gasteiger partial charge in [0.2, 0.25) is 0 Å². The van der Waals surface area contributed by atoms with E-state index in [4.69, 9.17) is 10.00 Å². The summed E-state index contributed by atoms with van der Waals surface area (Å²) in [6.45, 7) is 1.99. The Labute approximate surface area is 108 Å². The first-order chi connectivity index (χ1) is 8.19. The van der Waals surface area contributed by atoms with Crippen LogP contribution in [0, 0.1) is 18.3 Å². The van der Waals surface area contributed by atoms with E-state index in [9.17, 15) is 0 Å². The maximum absolute atomic E-state index is 8.73. The lowest BCUT2D eigenvalue weighted by Gasteiger charge is -2.07. The van der Waals surface area contributed by atoms with Crippen LogP contribution in [0.4, 0.5) is 0 Å². The van der Waals surface area contributed by atoms with Crippen LogP contribution in [0.3, 0.4) is 0 Å². The summed E-state index contributed by atoms with van der Waals surface area (Å²) in [7, 11) is 0. The molecule has 1 aromatic carbocycles. The van der Waals surface area contributed by atoms with E-state index in [1.54, 1.807) is 18.3 Å². The molecule has 0 N–H and O–H groups in total. The van der Waals surface area contributed by atoms with Gasteiger partial charge < -0.3 is 4.74 Å².